The number of carboxylic acids is 1. The van der Waals surface area contributed by atoms with Gasteiger partial charge in [-0.2, -0.15) is 0 Å². The molecule has 2 rings (SSSR count). The van der Waals surface area contributed by atoms with Crippen molar-refractivity contribution in [3.8, 4) is 0 Å². The highest BCUT2D eigenvalue weighted by Crippen LogP contribution is 2.30. The Hall–Kier alpha value is -1.48. The van der Waals surface area contributed by atoms with Crippen molar-refractivity contribution in [3.05, 3.63) is 35.0 Å². The van der Waals surface area contributed by atoms with Crippen molar-refractivity contribution >= 4 is 28.5 Å². The number of hydrogen-bond donors (Lipinski definition) is 1. The molecule has 0 aliphatic heterocycles. The molecule has 3 nitrogen and oxygen atoms in total. The molecule has 0 aliphatic rings. The van der Waals surface area contributed by atoms with Gasteiger partial charge in [0.1, 0.15) is 0 Å². The maximum atomic E-state index is 11.0. The lowest BCUT2D eigenvalue weighted by molar-refractivity contribution is -0.141. The highest BCUT2D eigenvalue weighted by atomic mass is 35.5. The number of aromatic nitrogens is 1. The lowest BCUT2D eigenvalue weighted by Crippen LogP contribution is -2.12. The van der Waals surface area contributed by atoms with Gasteiger partial charge < -0.3 is 9.67 Å². The van der Waals surface area contributed by atoms with Gasteiger partial charge in [-0.1, -0.05) is 24.6 Å². The summed E-state index contributed by atoms with van der Waals surface area (Å²) >= 11 is 6.23. The standard InChI is InChI=1S/C14H16ClNO2/c1-3-16-8-10(7-9(2)14(17)18)13-11(15)5-4-6-12(13)16/h4-6,8-9H,3,7H2,1-2H3,(H,17,18). The molecule has 1 aromatic heterocycles. The average molecular weight is 266 g/mol. The fourth-order valence-corrected chi connectivity index (χ4v) is 2.52. The number of nitrogens with zero attached hydrogens (tertiary/aromatic N) is 1. The Morgan fingerprint density at radius 1 is 1.50 bits per heavy atom. The van der Waals surface area contributed by atoms with Gasteiger partial charge in [0.05, 0.1) is 10.9 Å². The van der Waals surface area contributed by atoms with Crippen molar-refractivity contribution in [2.24, 2.45) is 5.92 Å². The maximum Gasteiger partial charge on any atom is 0.306 e. The van der Waals surface area contributed by atoms with Crippen LogP contribution < -0.4 is 0 Å². The third kappa shape index (κ3) is 2.23. The van der Waals surface area contributed by atoms with E-state index in [4.69, 9.17) is 16.7 Å². The quantitative estimate of drug-likeness (QED) is 0.918. The summed E-state index contributed by atoms with van der Waals surface area (Å²) < 4.78 is 2.10. The first-order valence-electron chi connectivity index (χ1n) is 6.03. The summed E-state index contributed by atoms with van der Waals surface area (Å²) in [5, 5.41) is 10.7. The SMILES string of the molecule is CCn1cc(CC(C)C(=O)O)c2c(Cl)cccc21. The van der Waals surface area contributed by atoms with Crippen molar-refractivity contribution in [2.45, 2.75) is 26.8 Å². The minimum absolute atomic E-state index is 0.405. The van der Waals surface area contributed by atoms with E-state index in [1.54, 1.807) is 6.92 Å². The lowest BCUT2D eigenvalue weighted by atomic mass is 10.0. The smallest absolute Gasteiger partial charge is 0.306 e. The van der Waals surface area contributed by atoms with E-state index in [1.807, 2.05) is 24.4 Å². The number of fused-ring (bicyclic) bond motifs is 1. The third-order valence-electron chi connectivity index (χ3n) is 3.22. The van der Waals surface area contributed by atoms with Crippen LogP contribution in [0.1, 0.15) is 19.4 Å². The largest absolute Gasteiger partial charge is 0.481 e. The molecule has 1 aromatic carbocycles. The van der Waals surface area contributed by atoms with Crippen molar-refractivity contribution in [3.63, 3.8) is 0 Å². The Morgan fingerprint density at radius 3 is 2.83 bits per heavy atom. The number of benzene rings is 1. The highest BCUT2D eigenvalue weighted by molar-refractivity contribution is 6.35. The van der Waals surface area contributed by atoms with Gasteiger partial charge in [0, 0.05) is 23.6 Å². The van der Waals surface area contributed by atoms with Crippen LogP contribution >= 0.6 is 11.6 Å². The molecule has 2 aromatic rings. The molecule has 0 spiro atoms. The molecule has 0 aliphatic carbocycles. The van der Waals surface area contributed by atoms with Gasteiger partial charge >= 0.3 is 5.97 Å². The molecular weight excluding hydrogens is 250 g/mol. The molecule has 4 heteroatoms. The Labute approximate surface area is 111 Å². The van der Waals surface area contributed by atoms with E-state index >= 15 is 0 Å². The summed E-state index contributed by atoms with van der Waals surface area (Å²) in [5.41, 5.74) is 2.07. The van der Waals surface area contributed by atoms with E-state index < -0.39 is 11.9 Å². The van der Waals surface area contributed by atoms with Crippen molar-refractivity contribution in [2.75, 3.05) is 0 Å². The second-order valence-corrected chi connectivity index (χ2v) is 4.92. The third-order valence-corrected chi connectivity index (χ3v) is 3.54. The van der Waals surface area contributed by atoms with Gasteiger partial charge in [0.2, 0.25) is 0 Å². The number of aliphatic carboxylic acids is 1. The van der Waals surface area contributed by atoms with Crippen LogP contribution in [-0.2, 0) is 17.8 Å². The summed E-state index contributed by atoms with van der Waals surface area (Å²) in [6.07, 6.45) is 2.51. The molecule has 0 radical (unpaired) electrons. The number of carbonyl (C=O) groups is 1. The predicted molar refractivity (Wildman–Crippen MR) is 73.1 cm³/mol. The minimum atomic E-state index is -0.778. The Kier molecular flexibility index (Phi) is 3.62. The molecule has 0 bridgehead atoms. The first kappa shape index (κ1) is 13.0. The van der Waals surface area contributed by atoms with Crippen LogP contribution in [0.25, 0.3) is 10.9 Å². The molecule has 96 valence electrons. The number of hydrogen-bond acceptors (Lipinski definition) is 1. The molecule has 1 heterocycles. The van der Waals surface area contributed by atoms with Gasteiger partial charge in [0.15, 0.2) is 0 Å². The summed E-state index contributed by atoms with van der Waals surface area (Å²) in [7, 11) is 0. The van der Waals surface area contributed by atoms with Gasteiger partial charge in [-0.3, -0.25) is 4.79 Å². The molecule has 0 fully saturated rings. The number of halogens is 1. The Bertz CT molecular complexity index is 589. The zero-order valence-corrected chi connectivity index (χ0v) is 11.2. The number of carboxylic acid groups (broad SMARTS) is 1. The zero-order valence-electron chi connectivity index (χ0n) is 10.5. The minimum Gasteiger partial charge on any atom is -0.481 e. The van der Waals surface area contributed by atoms with E-state index in [0.29, 0.717) is 11.4 Å². The predicted octanol–water partition coefficient (Wildman–Crippen LogP) is 3.58. The van der Waals surface area contributed by atoms with Gasteiger partial charge in [-0.25, -0.2) is 0 Å². The molecule has 1 unspecified atom stereocenters. The summed E-state index contributed by atoms with van der Waals surface area (Å²) in [4.78, 5) is 11.0. The number of rotatable bonds is 4. The van der Waals surface area contributed by atoms with Crippen LogP contribution in [0, 0.1) is 5.92 Å². The van der Waals surface area contributed by atoms with Crippen LogP contribution in [0.15, 0.2) is 24.4 Å². The second kappa shape index (κ2) is 5.02. The van der Waals surface area contributed by atoms with Gasteiger partial charge in [-0.05, 0) is 31.0 Å². The molecule has 1 N–H and O–H groups in total. The van der Waals surface area contributed by atoms with E-state index in [0.717, 1.165) is 23.0 Å². The molecule has 0 amide bonds. The van der Waals surface area contributed by atoms with Gasteiger partial charge in [-0.15, -0.1) is 0 Å². The monoisotopic (exact) mass is 265 g/mol. The van der Waals surface area contributed by atoms with E-state index in [-0.39, 0.29) is 0 Å². The van der Waals surface area contributed by atoms with Crippen LogP contribution in [-0.4, -0.2) is 15.6 Å². The van der Waals surface area contributed by atoms with Crippen molar-refractivity contribution in [1.29, 1.82) is 0 Å². The Balaban J connectivity index is 2.53. The van der Waals surface area contributed by atoms with Crippen molar-refractivity contribution in [1.82, 2.24) is 4.57 Å². The fraction of sp³-hybridized carbons (Fsp3) is 0.357. The van der Waals surface area contributed by atoms with E-state index in [9.17, 15) is 4.79 Å². The zero-order chi connectivity index (χ0) is 13.3. The topological polar surface area (TPSA) is 42.2 Å². The summed E-state index contributed by atoms with van der Waals surface area (Å²) in [6.45, 7) is 4.62. The molecular formula is C14H16ClNO2. The van der Waals surface area contributed by atoms with Crippen LogP contribution in [0.2, 0.25) is 5.02 Å². The van der Waals surface area contributed by atoms with Crippen LogP contribution in [0.3, 0.4) is 0 Å². The lowest BCUT2D eigenvalue weighted by Gasteiger charge is -2.05. The number of aryl methyl sites for hydroxylation is 1. The first-order chi connectivity index (χ1) is 8.54. The van der Waals surface area contributed by atoms with E-state index in [1.165, 1.54) is 0 Å². The molecule has 1 atom stereocenters. The van der Waals surface area contributed by atoms with Crippen LogP contribution in [0.5, 0.6) is 0 Å². The summed E-state index contributed by atoms with van der Waals surface area (Å²) in [5.74, 6) is -1.18. The van der Waals surface area contributed by atoms with Crippen molar-refractivity contribution < 1.29 is 9.90 Å². The highest BCUT2D eigenvalue weighted by Gasteiger charge is 2.17. The molecule has 0 saturated heterocycles. The Morgan fingerprint density at radius 2 is 2.22 bits per heavy atom. The molecule has 0 saturated carbocycles. The summed E-state index contributed by atoms with van der Waals surface area (Å²) in [6, 6.07) is 5.78. The van der Waals surface area contributed by atoms with Crippen LogP contribution in [0.4, 0.5) is 0 Å². The fourth-order valence-electron chi connectivity index (χ4n) is 2.23. The first-order valence-corrected chi connectivity index (χ1v) is 6.41. The molecule has 18 heavy (non-hydrogen) atoms. The normalized spacial score (nSPS) is 12.8. The average Bonchev–Trinajstić information content (AvgIpc) is 2.68. The maximum absolute atomic E-state index is 11.0. The van der Waals surface area contributed by atoms with E-state index in [2.05, 4.69) is 11.5 Å². The van der Waals surface area contributed by atoms with Gasteiger partial charge in [0.25, 0.3) is 0 Å². The second-order valence-electron chi connectivity index (χ2n) is 4.52.